The Morgan fingerprint density at radius 2 is 2.18 bits per heavy atom. The molecule has 0 atom stereocenters. The van der Waals surface area contributed by atoms with Gasteiger partial charge in [0.05, 0.1) is 5.02 Å². The minimum atomic E-state index is 0.537. The molecule has 1 heterocycles. The third kappa shape index (κ3) is 2.89. The maximum absolute atomic E-state index is 5.75. The molecule has 59 valence electrons. The molecule has 1 radical (unpaired) electrons. The molecule has 0 aliphatic heterocycles. The average Bonchev–Trinajstić information content (AvgIpc) is 1.85. The van der Waals surface area contributed by atoms with Crippen LogP contribution in [0.5, 0.6) is 0 Å². The Kier molecular flexibility index (Phi) is 2.89. The molecular formula is C9H11ClN. The zero-order valence-electron chi connectivity index (χ0n) is 6.71. The summed E-state index contributed by atoms with van der Waals surface area (Å²) in [6.07, 6.45) is 5.57. The van der Waals surface area contributed by atoms with Gasteiger partial charge in [0, 0.05) is 12.4 Å². The van der Waals surface area contributed by atoms with E-state index in [9.17, 15) is 0 Å². The summed E-state index contributed by atoms with van der Waals surface area (Å²) in [6.45, 7) is 4.25. The van der Waals surface area contributed by atoms with Gasteiger partial charge in [-0.15, -0.1) is 0 Å². The van der Waals surface area contributed by atoms with Crippen molar-refractivity contribution in [2.75, 3.05) is 0 Å². The van der Waals surface area contributed by atoms with Gasteiger partial charge in [-0.25, -0.2) is 0 Å². The Bertz CT molecular complexity index is 233. The average molecular weight is 169 g/mol. The van der Waals surface area contributed by atoms with Crippen LogP contribution in [0.4, 0.5) is 0 Å². The normalized spacial score (nSPS) is 10.5. The summed E-state index contributed by atoms with van der Waals surface area (Å²) in [7, 11) is 0. The molecule has 1 aromatic rings. The minimum Gasteiger partial charge on any atom is -0.263 e. The van der Waals surface area contributed by atoms with E-state index in [0.29, 0.717) is 10.9 Å². The first kappa shape index (κ1) is 8.54. The fourth-order valence-electron chi connectivity index (χ4n) is 0.904. The van der Waals surface area contributed by atoms with Crippen LogP contribution in [0.15, 0.2) is 18.5 Å². The van der Waals surface area contributed by atoms with Crippen LogP contribution < -0.4 is 0 Å². The lowest BCUT2D eigenvalue weighted by atomic mass is 10.1. The number of pyridine rings is 1. The standard InChI is InChI=1S/C9H11ClN/c1-7(2)3-8-4-9(10)6-11-5-8/h3-7H,1-2H3. The maximum Gasteiger partial charge on any atom is 0.0592 e. The second-order valence-corrected chi connectivity index (χ2v) is 3.28. The van der Waals surface area contributed by atoms with E-state index < -0.39 is 0 Å². The molecule has 0 unspecified atom stereocenters. The van der Waals surface area contributed by atoms with Crippen LogP contribution in [0, 0.1) is 12.3 Å². The van der Waals surface area contributed by atoms with Gasteiger partial charge in [0.15, 0.2) is 0 Å². The SMILES string of the molecule is CC(C)[CH]c1cncc(Cl)c1. The molecule has 1 aromatic heterocycles. The van der Waals surface area contributed by atoms with E-state index in [2.05, 4.69) is 25.3 Å². The Morgan fingerprint density at radius 3 is 2.73 bits per heavy atom. The van der Waals surface area contributed by atoms with E-state index in [1.807, 2.05) is 12.3 Å². The van der Waals surface area contributed by atoms with Crippen molar-refractivity contribution in [3.63, 3.8) is 0 Å². The predicted octanol–water partition coefficient (Wildman–Crippen LogP) is 2.94. The summed E-state index contributed by atoms with van der Waals surface area (Å²) < 4.78 is 0. The highest BCUT2D eigenvalue weighted by atomic mass is 35.5. The summed E-state index contributed by atoms with van der Waals surface area (Å²) in [5, 5.41) is 0.694. The van der Waals surface area contributed by atoms with Crippen LogP contribution in [0.1, 0.15) is 19.4 Å². The molecule has 0 aliphatic rings. The van der Waals surface area contributed by atoms with Crippen LogP contribution in [0.3, 0.4) is 0 Å². The van der Waals surface area contributed by atoms with E-state index in [0.717, 1.165) is 5.56 Å². The maximum atomic E-state index is 5.75. The van der Waals surface area contributed by atoms with Crippen LogP contribution >= 0.6 is 11.6 Å². The van der Waals surface area contributed by atoms with Gasteiger partial charge in [0.25, 0.3) is 0 Å². The number of hydrogen-bond donors (Lipinski definition) is 0. The molecule has 0 fully saturated rings. The second-order valence-electron chi connectivity index (χ2n) is 2.85. The van der Waals surface area contributed by atoms with E-state index >= 15 is 0 Å². The molecule has 1 rings (SSSR count). The van der Waals surface area contributed by atoms with Crippen molar-refractivity contribution in [3.8, 4) is 0 Å². The molecule has 0 saturated heterocycles. The number of hydrogen-bond acceptors (Lipinski definition) is 1. The highest BCUT2D eigenvalue weighted by Crippen LogP contribution is 2.13. The molecule has 2 heteroatoms. The number of rotatable bonds is 2. The van der Waals surface area contributed by atoms with Gasteiger partial charge in [0.2, 0.25) is 0 Å². The second kappa shape index (κ2) is 3.72. The highest BCUT2D eigenvalue weighted by molar-refractivity contribution is 6.30. The minimum absolute atomic E-state index is 0.537. The largest absolute Gasteiger partial charge is 0.263 e. The van der Waals surface area contributed by atoms with Gasteiger partial charge in [0.1, 0.15) is 0 Å². The van der Waals surface area contributed by atoms with Crippen molar-refractivity contribution in [2.24, 2.45) is 5.92 Å². The summed E-state index contributed by atoms with van der Waals surface area (Å²) in [4.78, 5) is 3.97. The molecular weight excluding hydrogens is 158 g/mol. The van der Waals surface area contributed by atoms with E-state index in [1.54, 1.807) is 6.20 Å². The molecule has 0 spiro atoms. The van der Waals surface area contributed by atoms with E-state index in [1.165, 1.54) is 0 Å². The van der Waals surface area contributed by atoms with Gasteiger partial charge in [-0.2, -0.15) is 0 Å². The van der Waals surface area contributed by atoms with Crippen LogP contribution in [0.2, 0.25) is 5.02 Å². The van der Waals surface area contributed by atoms with E-state index in [4.69, 9.17) is 11.6 Å². The third-order valence-corrected chi connectivity index (χ3v) is 1.46. The van der Waals surface area contributed by atoms with Crippen molar-refractivity contribution in [2.45, 2.75) is 13.8 Å². The summed E-state index contributed by atoms with van der Waals surface area (Å²) in [6, 6.07) is 1.91. The molecule has 11 heavy (non-hydrogen) atoms. The zero-order chi connectivity index (χ0) is 8.27. The van der Waals surface area contributed by atoms with Crippen LogP contribution in [0.25, 0.3) is 0 Å². The molecule has 0 aliphatic carbocycles. The smallest absolute Gasteiger partial charge is 0.0592 e. The lowest BCUT2D eigenvalue weighted by molar-refractivity contribution is 0.775. The third-order valence-electron chi connectivity index (χ3n) is 1.25. The lowest BCUT2D eigenvalue weighted by Gasteiger charge is -2.02. The summed E-state index contributed by atoms with van der Waals surface area (Å²) >= 11 is 5.75. The Morgan fingerprint density at radius 1 is 1.45 bits per heavy atom. The van der Waals surface area contributed by atoms with Gasteiger partial charge in [-0.1, -0.05) is 25.4 Å². The van der Waals surface area contributed by atoms with Crippen molar-refractivity contribution < 1.29 is 0 Å². The zero-order valence-corrected chi connectivity index (χ0v) is 7.47. The molecule has 0 amide bonds. The van der Waals surface area contributed by atoms with Crippen LogP contribution in [-0.2, 0) is 0 Å². The van der Waals surface area contributed by atoms with E-state index in [-0.39, 0.29) is 0 Å². The van der Waals surface area contributed by atoms with Gasteiger partial charge >= 0.3 is 0 Å². The van der Waals surface area contributed by atoms with Gasteiger partial charge in [-0.3, -0.25) is 4.98 Å². The van der Waals surface area contributed by atoms with Crippen molar-refractivity contribution >= 4 is 11.6 Å². The van der Waals surface area contributed by atoms with Crippen LogP contribution in [-0.4, -0.2) is 4.98 Å². The topological polar surface area (TPSA) is 12.9 Å². The molecule has 0 N–H and O–H groups in total. The fourth-order valence-corrected chi connectivity index (χ4v) is 1.09. The number of nitrogens with zero attached hydrogens (tertiary/aromatic N) is 1. The number of aromatic nitrogens is 1. The first-order chi connectivity index (χ1) is 5.18. The van der Waals surface area contributed by atoms with Gasteiger partial charge < -0.3 is 0 Å². The Balaban J connectivity index is 2.71. The summed E-state index contributed by atoms with van der Waals surface area (Å²) in [5.74, 6) is 0.537. The number of halogens is 1. The summed E-state index contributed by atoms with van der Waals surface area (Å²) in [5.41, 5.74) is 1.09. The monoisotopic (exact) mass is 168 g/mol. The molecule has 1 nitrogen and oxygen atoms in total. The molecule has 0 aromatic carbocycles. The molecule has 0 bridgehead atoms. The predicted molar refractivity (Wildman–Crippen MR) is 47.5 cm³/mol. The highest BCUT2D eigenvalue weighted by Gasteiger charge is 1.98. The van der Waals surface area contributed by atoms with Crippen molar-refractivity contribution in [3.05, 3.63) is 35.5 Å². The fraction of sp³-hybridized carbons (Fsp3) is 0.333. The quantitative estimate of drug-likeness (QED) is 0.662. The Hall–Kier alpha value is -0.560. The first-order valence-electron chi connectivity index (χ1n) is 3.64. The lowest BCUT2D eigenvalue weighted by Crippen LogP contribution is -1.90. The first-order valence-corrected chi connectivity index (χ1v) is 4.01. The Labute approximate surface area is 72.4 Å². The van der Waals surface area contributed by atoms with Crippen molar-refractivity contribution in [1.82, 2.24) is 4.98 Å². The van der Waals surface area contributed by atoms with Gasteiger partial charge in [-0.05, 0) is 24.0 Å². The molecule has 0 saturated carbocycles. The van der Waals surface area contributed by atoms with Crippen molar-refractivity contribution in [1.29, 1.82) is 0 Å².